The average molecular weight is 412 g/mol. The van der Waals surface area contributed by atoms with Crippen LogP contribution in [0, 0.1) is 17.0 Å². The number of anilines is 1. The van der Waals surface area contributed by atoms with Crippen molar-refractivity contribution in [2.24, 2.45) is 0 Å². The first-order chi connectivity index (χ1) is 14.0. The molecule has 0 aliphatic carbocycles. The van der Waals surface area contributed by atoms with Crippen LogP contribution in [-0.4, -0.2) is 33.1 Å². The standard InChI is InChI=1S/C20H18ClN5O3/c1-13-5-6-17(26(27)28)20(22-13)25-9-7-14(8-10-25)11-18-23-19(24-29-18)15-3-2-4-16(21)12-15/h2-6,11-12H,7-10H2,1H3. The third kappa shape index (κ3) is 4.27. The molecule has 2 aromatic heterocycles. The summed E-state index contributed by atoms with van der Waals surface area (Å²) >= 11 is 6.01. The maximum absolute atomic E-state index is 11.3. The van der Waals surface area contributed by atoms with Crippen molar-refractivity contribution in [2.45, 2.75) is 19.8 Å². The van der Waals surface area contributed by atoms with E-state index in [1.54, 1.807) is 18.2 Å². The van der Waals surface area contributed by atoms with Crippen LogP contribution in [0.5, 0.6) is 0 Å². The molecule has 4 rings (SSSR count). The van der Waals surface area contributed by atoms with Crippen LogP contribution in [0.1, 0.15) is 24.4 Å². The van der Waals surface area contributed by atoms with E-state index in [2.05, 4.69) is 15.1 Å². The van der Waals surface area contributed by atoms with E-state index in [1.165, 1.54) is 6.07 Å². The molecule has 3 aromatic rings. The van der Waals surface area contributed by atoms with Crippen molar-refractivity contribution < 1.29 is 9.45 Å². The van der Waals surface area contributed by atoms with Gasteiger partial charge in [0.25, 0.3) is 5.89 Å². The Balaban J connectivity index is 1.47. The van der Waals surface area contributed by atoms with Gasteiger partial charge in [-0.15, -0.1) is 0 Å². The molecule has 0 amide bonds. The molecule has 1 aromatic carbocycles. The number of aryl methyl sites for hydroxylation is 1. The lowest BCUT2D eigenvalue weighted by Gasteiger charge is -2.29. The number of pyridine rings is 1. The van der Waals surface area contributed by atoms with E-state index >= 15 is 0 Å². The minimum Gasteiger partial charge on any atom is -0.350 e. The molecule has 9 heteroatoms. The number of hydrogen-bond donors (Lipinski definition) is 0. The zero-order valence-electron chi connectivity index (χ0n) is 15.7. The minimum atomic E-state index is -0.386. The van der Waals surface area contributed by atoms with E-state index in [4.69, 9.17) is 16.1 Å². The van der Waals surface area contributed by atoms with Crippen LogP contribution in [-0.2, 0) is 0 Å². The molecule has 1 aliphatic rings. The van der Waals surface area contributed by atoms with Gasteiger partial charge in [0.05, 0.1) is 4.92 Å². The summed E-state index contributed by atoms with van der Waals surface area (Å²) in [6.07, 6.45) is 3.36. The average Bonchev–Trinajstić information content (AvgIpc) is 3.17. The number of benzene rings is 1. The highest BCUT2D eigenvalue weighted by atomic mass is 35.5. The van der Waals surface area contributed by atoms with Crippen molar-refractivity contribution in [3.05, 3.63) is 68.7 Å². The van der Waals surface area contributed by atoms with Gasteiger partial charge < -0.3 is 9.42 Å². The first-order valence-electron chi connectivity index (χ1n) is 9.16. The molecule has 0 spiro atoms. The van der Waals surface area contributed by atoms with E-state index in [0.29, 0.717) is 35.6 Å². The predicted octanol–water partition coefficient (Wildman–Crippen LogP) is 4.69. The van der Waals surface area contributed by atoms with Crippen LogP contribution in [0.25, 0.3) is 17.5 Å². The number of hydrogen-bond acceptors (Lipinski definition) is 7. The van der Waals surface area contributed by atoms with Gasteiger partial charge in [0, 0.05) is 41.5 Å². The Morgan fingerprint density at radius 1 is 1.21 bits per heavy atom. The maximum atomic E-state index is 11.3. The highest BCUT2D eigenvalue weighted by Crippen LogP contribution is 2.30. The Morgan fingerprint density at radius 2 is 2.00 bits per heavy atom. The molecule has 0 radical (unpaired) electrons. The van der Waals surface area contributed by atoms with Crippen LogP contribution in [0.3, 0.4) is 0 Å². The summed E-state index contributed by atoms with van der Waals surface area (Å²) in [7, 11) is 0. The fourth-order valence-electron chi connectivity index (χ4n) is 3.27. The topological polar surface area (TPSA) is 98.2 Å². The smallest absolute Gasteiger partial charge is 0.311 e. The fourth-order valence-corrected chi connectivity index (χ4v) is 3.46. The van der Waals surface area contributed by atoms with Crippen LogP contribution in [0.2, 0.25) is 5.02 Å². The highest BCUT2D eigenvalue weighted by Gasteiger charge is 2.24. The van der Waals surface area contributed by atoms with E-state index in [0.717, 1.165) is 29.7 Å². The summed E-state index contributed by atoms with van der Waals surface area (Å²) in [5.41, 5.74) is 2.73. The first kappa shape index (κ1) is 19.1. The summed E-state index contributed by atoms with van der Waals surface area (Å²) in [6.45, 7) is 3.10. The molecule has 29 heavy (non-hydrogen) atoms. The van der Waals surface area contributed by atoms with Gasteiger partial charge in [-0.25, -0.2) is 4.98 Å². The largest absolute Gasteiger partial charge is 0.350 e. The molecule has 0 saturated carbocycles. The number of rotatable bonds is 4. The van der Waals surface area contributed by atoms with E-state index in [1.807, 2.05) is 30.0 Å². The van der Waals surface area contributed by atoms with Crippen LogP contribution in [0.4, 0.5) is 11.5 Å². The third-order valence-electron chi connectivity index (χ3n) is 4.75. The molecule has 148 valence electrons. The van der Waals surface area contributed by atoms with Crippen molar-refractivity contribution >= 4 is 29.2 Å². The number of halogens is 1. The van der Waals surface area contributed by atoms with Gasteiger partial charge in [-0.1, -0.05) is 34.5 Å². The summed E-state index contributed by atoms with van der Waals surface area (Å²) in [5.74, 6) is 1.34. The summed E-state index contributed by atoms with van der Waals surface area (Å²) in [4.78, 5) is 21.7. The van der Waals surface area contributed by atoms with Crippen molar-refractivity contribution in [3.8, 4) is 11.4 Å². The SMILES string of the molecule is Cc1ccc([N+](=O)[O-])c(N2CCC(=Cc3nc(-c4cccc(Cl)c4)no3)CC2)n1. The number of piperidine rings is 1. The molecule has 0 bridgehead atoms. The van der Waals surface area contributed by atoms with E-state index in [-0.39, 0.29) is 10.6 Å². The second-order valence-electron chi connectivity index (χ2n) is 6.81. The maximum Gasteiger partial charge on any atom is 0.311 e. The van der Waals surface area contributed by atoms with Gasteiger partial charge in [-0.05, 0) is 38.0 Å². The summed E-state index contributed by atoms with van der Waals surface area (Å²) < 4.78 is 5.34. The van der Waals surface area contributed by atoms with Gasteiger partial charge in [-0.3, -0.25) is 10.1 Å². The van der Waals surface area contributed by atoms with Crippen molar-refractivity contribution in [2.75, 3.05) is 18.0 Å². The summed E-state index contributed by atoms with van der Waals surface area (Å²) in [6, 6.07) is 10.4. The quantitative estimate of drug-likeness (QED) is 0.453. The highest BCUT2D eigenvalue weighted by molar-refractivity contribution is 6.30. The van der Waals surface area contributed by atoms with E-state index in [9.17, 15) is 10.1 Å². The van der Waals surface area contributed by atoms with Gasteiger partial charge in [0.2, 0.25) is 11.6 Å². The Labute approximate surface area is 172 Å². The lowest BCUT2D eigenvalue weighted by molar-refractivity contribution is -0.384. The van der Waals surface area contributed by atoms with Crippen LogP contribution >= 0.6 is 11.6 Å². The van der Waals surface area contributed by atoms with Gasteiger partial charge >= 0.3 is 5.69 Å². The second kappa shape index (κ2) is 8.00. The molecule has 0 unspecified atom stereocenters. The molecule has 3 heterocycles. The van der Waals surface area contributed by atoms with Gasteiger partial charge in [0.15, 0.2) is 0 Å². The number of nitro groups is 1. The zero-order chi connectivity index (χ0) is 20.4. The zero-order valence-corrected chi connectivity index (χ0v) is 16.5. The number of aromatic nitrogens is 3. The number of nitrogens with zero attached hydrogens (tertiary/aromatic N) is 5. The second-order valence-corrected chi connectivity index (χ2v) is 7.25. The third-order valence-corrected chi connectivity index (χ3v) is 4.98. The molecule has 1 saturated heterocycles. The lowest BCUT2D eigenvalue weighted by atomic mass is 10.0. The van der Waals surface area contributed by atoms with Crippen LogP contribution < -0.4 is 4.90 Å². The molecular formula is C20H18ClN5O3. The van der Waals surface area contributed by atoms with Gasteiger partial charge in [0.1, 0.15) is 0 Å². The molecule has 8 nitrogen and oxygen atoms in total. The predicted molar refractivity (Wildman–Crippen MR) is 110 cm³/mol. The van der Waals surface area contributed by atoms with Crippen LogP contribution in [0.15, 0.2) is 46.5 Å². The first-order valence-corrected chi connectivity index (χ1v) is 9.53. The minimum absolute atomic E-state index is 0.0334. The molecular weight excluding hydrogens is 394 g/mol. The molecule has 0 N–H and O–H groups in total. The van der Waals surface area contributed by atoms with Crippen molar-refractivity contribution in [1.82, 2.24) is 15.1 Å². The lowest BCUT2D eigenvalue weighted by Crippen LogP contribution is -2.32. The normalized spacial score (nSPS) is 14.1. The summed E-state index contributed by atoms with van der Waals surface area (Å²) in [5, 5.41) is 15.9. The Morgan fingerprint density at radius 3 is 2.72 bits per heavy atom. The molecule has 0 atom stereocenters. The Hall–Kier alpha value is -3.26. The van der Waals surface area contributed by atoms with E-state index < -0.39 is 0 Å². The molecule has 1 aliphatic heterocycles. The Kier molecular flexibility index (Phi) is 5.26. The molecule has 1 fully saturated rings. The monoisotopic (exact) mass is 411 g/mol. The fraction of sp³-hybridized carbons (Fsp3) is 0.250. The van der Waals surface area contributed by atoms with Crippen molar-refractivity contribution in [3.63, 3.8) is 0 Å². The van der Waals surface area contributed by atoms with Crippen molar-refractivity contribution in [1.29, 1.82) is 0 Å². The van der Waals surface area contributed by atoms with Gasteiger partial charge in [-0.2, -0.15) is 4.98 Å². The Bertz CT molecular complexity index is 1090.